The number of benzene rings is 1. The predicted molar refractivity (Wildman–Crippen MR) is 157 cm³/mol. The normalized spacial score (nSPS) is 15.4. The fourth-order valence-electron chi connectivity index (χ4n) is 4.42. The first-order chi connectivity index (χ1) is 22.5. The first-order valence-electron chi connectivity index (χ1n) is 13.8. The molecule has 0 unspecified atom stereocenters. The summed E-state index contributed by atoms with van der Waals surface area (Å²) in [6, 6.07) is 7.00. The van der Waals surface area contributed by atoms with Crippen molar-refractivity contribution in [2.24, 2.45) is 10.2 Å². The van der Waals surface area contributed by atoms with E-state index in [1.54, 1.807) is 30.7 Å². The van der Waals surface area contributed by atoms with E-state index < -0.39 is 42.1 Å². The maximum atomic E-state index is 14.5. The Kier molecular flexibility index (Phi) is 10.4. The summed E-state index contributed by atoms with van der Waals surface area (Å²) in [7, 11) is 0. The highest BCUT2D eigenvalue weighted by molar-refractivity contribution is 6.14. The number of hydrogen-bond donors (Lipinski definition) is 2. The molecular formula is C29H26F7N9O3. The number of hydrazine groups is 1. The molecule has 0 radical (unpaired) electrons. The van der Waals surface area contributed by atoms with Crippen LogP contribution < -0.4 is 15.8 Å². The highest BCUT2D eigenvalue weighted by Gasteiger charge is 2.73. The number of alkyl halides is 7. The van der Waals surface area contributed by atoms with Crippen LogP contribution >= 0.6 is 0 Å². The monoisotopic (exact) mass is 681 g/mol. The largest absolute Gasteiger partial charge is 0.435 e. The zero-order chi connectivity index (χ0) is 35.3. The summed E-state index contributed by atoms with van der Waals surface area (Å²) in [5.41, 5.74) is -0.603. The van der Waals surface area contributed by atoms with Crippen LogP contribution in [0.15, 0.2) is 77.5 Å². The SMILES string of the molecule is CC(=O)N1C(=O)N(NCc2cccnc2)Cc2cc(C(F)(C(F)(F)F)C(F)(F)F)ccc21.CC1=NNC(=O)N(/N=C/c2cccnc2)C1. The number of pyridine rings is 2. The molecule has 0 spiro atoms. The lowest BCUT2D eigenvalue weighted by atomic mass is 9.91. The van der Waals surface area contributed by atoms with Gasteiger partial charge < -0.3 is 0 Å². The summed E-state index contributed by atoms with van der Waals surface area (Å²) in [6.45, 7) is 2.72. The Bertz CT molecular complexity index is 1690. The van der Waals surface area contributed by atoms with E-state index in [0.717, 1.165) is 23.2 Å². The van der Waals surface area contributed by atoms with Gasteiger partial charge in [0.25, 0.3) is 0 Å². The van der Waals surface area contributed by atoms with Gasteiger partial charge in [0.1, 0.15) is 0 Å². The number of rotatable bonds is 6. The van der Waals surface area contributed by atoms with Crippen LogP contribution in [0.25, 0.3) is 0 Å². The Morgan fingerprint density at radius 3 is 2.23 bits per heavy atom. The molecule has 0 bridgehead atoms. The van der Waals surface area contributed by atoms with Crippen molar-refractivity contribution in [3.05, 3.63) is 89.5 Å². The topological polar surface area (TPSA) is 135 Å². The number of imide groups is 1. The molecule has 2 N–H and O–H groups in total. The average Bonchev–Trinajstić information content (AvgIpc) is 3.03. The number of nitrogens with one attached hydrogen (secondary N) is 2. The molecule has 0 fully saturated rings. The van der Waals surface area contributed by atoms with Gasteiger partial charge in [-0.05, 0) is 42.3 Å². The van der Waals surface area contributed by atoms with Gasteiger partial charge in [-0.2, -0.15) is 36.5 Å². The summed E-state index contributed by atoms with van der Waals surface area (Å²) in [5, 5.41) is 10.0. The molecule has 5 amide bonds. The molecule has 2 aliphatic heterocycles. The minimum atomic E-state index is -6.29. The summed E-state index contributed by atoms with van der Waals surface area (Å²) in [5.74, 6) is -0.838. The van der Waals surface area contributed by atoms with Crippen molar-refractivity contribution < 1.29 is 45.1 Å². The first-order valence-corrected chi connectivity index (χ1v) is 13.8. The van der Waals surface area contributed by atoms with Gasteiger partial charge in [0.05, 0.1) is 30.7 Å². The number of aromatic nitrogens is 2. The van der Waals surface area contributed by atoms with Gasteiger partial charge in [-0.1, -0.05) is 18.2 Å². The van der Waals surface area contributed by atoms with Crippen molar-refractivity contribution in [2.45, 2.75) is 45.0 Å². The van der Waals surface area contributed by atoms with Gasteiger partial charge in [0, 0.05) is 49.4 Å². The van der Waals surface area contributed by atoms with E-state index >= 15 is 0 Å². The zero-order valence-electron chi connectivity index (χ0n) is 25.1. The number of amides is 5. The maximum Gasteiger partial charge on any atom is 0.435 e. The number of carbonyl (C=O) groups excluding carboxylic acids is 3. The predicted octanol–water partition coefficient (Wildman–Crippen LogP) is 5.18. The number of urea groups is 2. The fourth-order valence-corrected chi connectivity index (χ4v) is 4.42. The Labute approximate surface area is 267 Å². The van der Waals surface area contributed by atoms with Crippen molar-refractivity contribution in [1.29, 1.82) is 0 Å². The molecule has 0 saturated heterocycles. The molecule has 1 aromatic carbocycles. The summed E-state index contributed by atoms with van der Waals surface area (Å²) >= 11 is 0. The summed E-state index contributed by atoms with van der Waals surface area (Å²) in [6.07, 6.45) is -4.68. The maximum absolute atomic E-state index is 14.5. The van der Waals surface area contributed by atoms with Gasteiger partial charge in [0.2, 0.25) is 5.91 Å². The third kappa shape index (κ3) is 7.73. The van der Waals surface area contributed by atoms with Crippen LogP contribution in [0, 0.1) is 0 Å². The number of nitrogens with zero attached hydrogens (tertiary/aromatic N) is 7. The average molecular weight is 682 g/mol. The zero-order valence-corrected chi connectivity index (χ0v) is 25.1. The van der Waals surface area contributed by atoms with Crippen LogP contribution in [0.4, 0.5) is 46.0 Å². The number of fused-ring (bicyclic) bond motifs is 1. The van der Waals surface area contributed by atoms with Crippen LogP contribution in [0.3, 0.4) is 0 Å². The van der Waals surface area contributed by atoms with Gasteiger partial charge in [0.15, 0.2) is 0 Å². The van der Waals surface area contributed by atoms with Gasteiger partial charge in [-0.25, -0.2) is 34.7 Å². The number of hydrazone groups is 2. The molecule has 2 aromatic heterocycles. The van der Waals surface area contributed by atoms with Gasteiger partial charge in [-0.15, -0.1) is 0 Å². The van der Waals surface area contributed by atoms with E-state index in [1.807, 2.05) is 19.1 Å². The molecule has 48 heavy (non-hydrogen) atoms. The Balaban J connectivity index is 0.000000271. The lowest BCUT2D eigenvalue weighted by Crippen LogP contribution is -2.54. The molecule has 254 valence electrons. The molecule has 2 aliphatic rings. The van der Waals surface area contributed by atoms with Crippen LogP contribution in [0.1, 0.15) is 36.1 Å². The standard InChI is InChI=1S/C19H15F7N4O2.C10H11N5O/c1-11(31)30-15-5-4-14(17(20,18(21,22)23)19(24,25)26)7-13(15)10-29(16(30)32)28-9-12-3-2-6-27-8-12;1-8-7-15(10(16)14-13-8)12-6-9-3-2-4-11-5-9/h2-8,28H,9-10H2,1H3;2-6H,7H2,1H3,(H,14,16)/b;12-6+. The third-order valence-corrected chi connectivity index (χ3v) is 6.75. The van der Waals surface area contributed by atoms with Gasteiger partial charge in [-0.3, -0.25) is 19.8 Å². The van der Waals surface area contributed by atoms with E-state index in [9.17, 15) is 45.1 Å². The van der Waals surface area contributed by atoms with Crippen LogP contribution in [0.5, 0.6) is 0 Å². The molecule has 0 saturated carbocycles. The van der Waals surface area contributed by atoms with Crippen LogP contribution in [-0.2, 0) is 23.6 Å². The quantitative estimate of drug-likeness (QED) is 0.272. The third-order valence-electron chi connectivity index (χ3n) is 6.75. The number of carbonyl (C=O) groups is 3. The summed E-state index contributed by atoms with van der Waals surface area (Å²) < 4.78 is 93.2. The second-order valence-electron chi connectivity index (χ2n) is 10.3. The Hall–Kier alpha value is -5.46. The molecule has 4 heterocycles. The van der Waals surface area contributed by atoms with E-state index in [-0.39, 0.29) is 29.9 Å². The summed E-state index contributed by atoms with van der Waals surface area (Å²) in [4.78, 5) is 44.4. The highest BCUT2D eigenvalue weighted by atomic mass is 19.4. The van der Waals surface area contributed by atoms with Crippen molar-refractivity contribution in [2.75, 3.05) is 11.4 Å². The molecule has 0 atom stereocenters. The Morgan fingerprint density at radius 1 is 0.979 bits per heavy atom. The number of halogens is 7. The van der Waals surface area contributed by atoms with Crippen molar-refractivity contribution in [1.82, 2.24) is 30.8 Å². The van der Waals surface area contributed by atoms with Gasteiger partial charge >= 0.3 is 30.1 Å². The number of anilines is 1. The lowest BCUT2D eigenvalue weighted by Gasteiger charge is -2.37. The molecule has 19 heteroatoms. The van der Waals surface area contributed by atoms with E-state index in [0.29, 0.717) is 29.1 Å². The molecule has 0 aliphatic carbocycles. The second-order valence-corrected chi connectivity index (χ2v) is 10.3. The van der Waals surface area contributed by atoms with Crippen molar-refractivity contribution in [3.63, 3.8) is 0 Å². The minimum absolute atomic E-state index is 0.0124. The smallest absolute Gasteiger partial charge is 0.274 e. The van der Waals surface area contributed by atoms with E-state index in [4.69, 9.17) is 0 Å². The highest BCUT2D eigenvalue weighted by Crippen LogP contribution is 2.53. The van der Waals surface area contributed by atoms with E-state index in [2.05, 4.69) is 31.0 Å². The number of hydrogen-bond acceptors (Lipinski definition) is 8. The second kappa shape index (κ2) is 14.1. The molecule has 12 nitrogen and oxygen atoms in total. The molecule has 3 aromatic rings. The molecular weight excluding hydrogens is 655 g/mol. The van der Waals surface area contributed by atoms with Crippen molar-refractivity contribution in [3.8, 4) is 0 Å². The minimum Gasteiger partial charge on any atom is -0.274 e. The van der Waals surface area contributed by atoms with Crippen LogP contribution in [0.2, 0.25) is 0 Å². The molecule has 5 rings (SSSR count). The van der Waals surface area contributed by atoms with Crippen LogP contribution in [-0.4, -0.2) is 68.8 Å². The Morgan fingerprint density at radius 2 is 1.65 bits per heavy atom. The fraction of sp³-hybridized carbons (Fsp3) is 0.276. The first kappa shape index (κ1) is 35.4. The van der Waals surface area contributed by atoms with E-state index in [1.165, 1.54) is 17.4 Å². The van der Waals surface area contributed by atoms with Crippen molar-refractivity contribution >= 4 is 35.6 Å². The lowest BCUT2D eigenvalue weighted by molar-refractivity contribution is -0.348.